The molecule has 0 radical (unpaired) electrons. The molecule has 0 bridgehead atoms. The van der Waals surface area contributed by atoms with Crippen molar-refractivity contribution in [2.45, 2.75) is 33.3 Å². The van der Waals surface area contributed by atoms with Gasteiger partial charge in [-0.2, -0.15) is 0 Å². The number of oxime groups is 1. The van der Waals surface area contributed by atoms with E-state index in [4.69, 9.17) is 10.5 Å². The minimum absolute atomic E-state index is 0.114. The highest BCUT2D eigenvalue weighted by molar-refractivity contribution is 6.34. The molecule has 0 spiro atoms. The van der Waals surface area contributed by atoms with Gasteiger partial charge in [-0.05, 0) is 27.7 Å². The summed E-state index contributed by atoms with van der Waals surface area (Å²) in [5, 5.41) is 5.23. The zero-order valence-electron chi connectivity index (χ0n) is 11.9. The molecule has 1 amide bonds. The minimum Gasteiger partial charge on any atom is -0.460 e. The maximum absolute atomic E-state index is 11.2. The lowest BCUT2D eigenvalue weighted by Crippen LogP contribution is -2.36. The molecule has 20 heavy (non-hydrogen) atoms. The van der Waals surface area contributed by atoms with Crippen molar-refractivity contribution < 1.29 is 28.7 Å². The molecule has 9 nitrogen and oxygen atoms in total. The summed E-state index contributed by atoms with van der Waals surface area (Å²) in [5.41, 5.74) is 4.50. The van der Waals surface area contributed by atoms with Crippen LogP contribution in [0.15, 0.2) is 5.16 Å². The molecule has 0 aliphatic carbocycles. The van der Waals surface area contributed by atoms with Gasteiger partial charge in [0.05, 0.1) is 6.61 Å². The third-order valence-electron chi connectivity index (χ3n) is 1.51. The van der Waals surface area contributed by atoms with Gasteiger partial charge in [0.25, 0.3) is 0 Å². The van der Waals surface area contributed by atoms with Gasteiger partial charge in [0, 0.05) is 0 Å². The first kappa shape index (κ1) is 17.7. The lowest BCUT2D eigenvalue weighted by atomic mass is 10.2. The van der Waals surface area contributed by atoms with Crippen LogP contribution in [-0.2, 0) is 23.9 Å². The summed E-state index contributed by atoms with van der Waals surface area (Å²) >= 11 is 0. The number of nitrogens with two attached hydrogens (primary N) is 1. The molecule has 0 heterocycles. The van der Waals surface area contributed by atoms with Gasteiger partial charge in [0.2, 0.25) is 5.84 Å². The van der Waals surface area contributed by atoms with E-state index >= 15 is 0 Å². The first-order valence-electron chi connectivity index (χ1n) is 5.83. The number of nitrogens with one attached hydrogen (secondary N) is 1. The lowest BCUT2D eigenvalue weighted by molar-refractivity contribution is -0.142. The van der Waals surface area contributed by atoms with Crippen molar-refractivity contribution in [2.75, 3.05) is 13.2 Å². The van der Waals surface area contributed by atoms with Crippen molar-refractivity contribution in [2.24, 2.45) is 10.9 Å². The van der Waals surface area contributed by atoms with Crippen LogP contribution in [0, 0.1) is 0 Å². The fourth-order valence-electron chi connectivity index (χ4n) is 0.833. The third-order valence-corrected chi connectivity index (χ3v) is 1.51. The standard InChI is InChI=1S/C11H19N3O6/c1-5-18-9(16)8(12)14-20-7(15)6-13-10(17)19-11(2,3)4/h5-6H2,1-4H3,(H2,12,14)(H,13,17). The van der Waals surface area contributed by atoms with Crippen LogP contribution in [0.25, 0.3) is 0 Å². The Balaban J connectivity index is 4.10. The summed E-state index contributed by atoms with van der Waals surface area (Å²) < 4.78 is 9.40. The number of hydrogen-bond acceptors (Lipinski definition) is 7. The summed E-state index contributed by atoms with van der Waals surface area (Å²) in [6, 6.07) is 0. The Morgan fingerprint density at radius 3 is 2.35 bits per heavy atom. The molecule has 0 fully saturated rings. The quantitative estimate of drug-likeness (QED) is 0.243. The van der Waals surface area contributed by atoms with Crippen LogP contribution >= 0.6 is 0 Å². The molecular weight excluding hydrogens is 270 g/mol. The topological polar surface area (TPSA) is 129 Å². The Bertz CT molecular complexity index is 399. The van der Waals surface area contributed by atoms with E-state index < -0.39 is 36.0 Å². The Morgan fingerprint density at radius 2 is 1.85 bits per heavy atom. The summed E-state index contributed by atoms with van der Waals surface area (Å²) in [6.45, 7) is 6.25. The smallest absolute Gasteiger partial charge is 0.408 e. The van der Waals surface area contributed by atoms with E-state index in [0.29, 0.717) is 0 Å². The largest absolute Gasteiger partial charge is 0.460 e. The number of amides is 1. The summed E-state index contributed by atoms with van der Waals surface area (Å²) in [6.07, 6.45) is -0.781. The number of carbonyl (C=O) groups is 3. The van der Waals surface area contributed by atoms with E-state index in [-0.39, 0.29) is 6.61 Å². The van der Waals surface area contributed by atoms with Crippen LogP contribution in [0.2, 0.25) is 0 Å². The second-order valence-electron chi connectivity index (χ2n) is 4.52. The average molecular weight is 289 g/mol. The predicted octanol–water partition coefficient (Wildman–Crippen LogP) is -0.110. The number of ether oxygens (including phenoxy) is 2. The predicted molar refractivity (Wildman–Crippen MR) is 68.6 cm³/mol. The van der Waals surface area contributed by atoms with Gasteiger partial charge < -0.3 is 25.4 Å². The molecule has 3 N–H and O–H groups in total. The van der Waals surface area contributed by atoms with E-state index in [9.17, 15) is 14.4 Å². The highest BCUT2D eigenvalue weighted by Crippen LogP contribution is 2.06. The number of esters is 1. The van der Waals surface area contributed by atoms with Crippen molar-refractivity contribution in [3.8, 4) is 0 Å². The Hall–Kier alpha value is -2.32. The molecule has 0 saturated heterocycles. The molecule has 0 atom stereocenters. The molecule has 114 valence electrons. The fraction of sp³-hybridized carbons (Fsp3) is 0.636. The van der Waals surface area contributed by atoms with Gasteiger partial charge in [-0.15, -0.1) is 0 Å². The number of nitrogens with zero attached hydrogens (tertiary/aromatic N) is 1. The number of amidine groups is 1. The number of alkyl carbamates (subject to hydrolysis) is 1. The SMILES string of the molecule is CCOC(=O)/C(N)=N/OC(=O)CNC(=O)OC(C)(C)C. The van der Waals surface area contributed by atoms with Crippen molar-refractivity contribution in [3.05, 3.63) is 0 Å². The second kappa shape index (κ2) is 7.97. The summed E-state index contributed by atoms with van der Waals surface area (Å²) in [4.78, 5) is 37.7. The molecule has 0 aliphatic heterocycles. The van der Waals surface area contributed by atoms with Gasteiger partial charge in [-0.1, -0.05) is 5.16 Å². The van der Waals surface area contributed by atoms with Crippen LogP contribution < -0.4 is 11.1 Å². The maximum Gasteiger partial charge on any atom is 0.408 e. The summed E-state index contributed by atoms with van der Waals surface area (Å²) in [5.74, 6) is -2.42. The van der Waals surface area contributed by atoms with Crippen LogP contribution in [0.5, 0.6) is 0 Å². The molecule has 0 aliphatic rings. The van der Waals surface area contributed by atoms with Crippen molar-refractivity contribution >= 4 is 23.9 Å². The molecular formula is C11H19N3O6. The number of hydrogen-bond donors (Lipinski definition) is 2. The van der Waals surface area contributed by atoms with E-state index in [1.165, 1.54) is 0 Å². The molecule has 9 heteroatoms. The van der Waals surface area contributed by atoms with Crippen LogP contribution in [0.1, 0.15) is 27.7 Å². The first-order chi connectivity index (χ1) is 9.15. The Labute approximate surface area is 116 Å². The Kier molecular flexibility index (Phi) is 7.05. The third kappa shape index (κ3) is 8.72. The molecule has 0 saturated carbocycles. The average Bonchev–Trinajstić information content (AvgIpc) is 2.31. The van der Waals surface area contributed by atoms with E-state index in [2.05, 4.69) is 20.0 Å². The highest BCUT2D eigenvalue weighted by Gasteiger charge is 2.17. The Morgan fingerprint density at radius 1 is 1.25 bits per heavy atom. The fourth-order valence-corrected chi connectivity index (χ4v) is 0.833. The number of carbonyl (C=O) groups excluding carboxylic acids is 3. The van der Waals surface area contributed by atoms with Gasteiger partial charge in [0.15, 0.2) is 0 Å². The van der Waals surface area contributed by atoms with E-state index in [1.807, 2.05) is 0 Å². The zero-order valence-corrected chi connectivity index (χ0v) is 11.9. The minimum atomic E-state index is -0.914. The molecule has 0 aromatic rings. The van der Waals surface area contributed by atoms with Gasteiger partial charge >= 0.3 is 18.0 Å². The van der Waals surface area contributed by atoms with Gasteiger partial charge in [-0.25, -0.2) is 14.4 Å². The van der Waals surface area contributed by atoms with E-state index in [1.54, 1.807) is 27.7 Å². The second-order valence-corrected chi connectivity index (χ2v) is 4.52. The highest BCUT2D eigenvalue weighted by atomic mass is 16.7. The molecule has 0 aromatic carbocycles. The van der Waals surface area contributed by atoms with Crippen molar-refractivity contribution in [3.63, 3.8) is 0 Å². The van der Waals surface area contributed by atoms with Crippen LogP contribution in [0.3, 0.4) is 0 Å². The van der Waals surface area contributed by atoms with Gasteiger partial charge in [0.1, 0.15) is 12.1 Å². The zero-order chi connectivity index (χ0) is 15.8. The maximum atomic E-state index is 11.2. The van der Waals surface area contributed by atoms with E-state index in [0.717, 1.165) is 0 Å². The normalized spacial score (nSPS) is 11.5. The molecule has 0 aromatic heterocycles. The number of rotatable bonds is 4. The molecule has 0 unspecified atom stereocenters. The lowest BCUT2D eigenvalue weighted by Gasteiger charge is -2.19. The van der Waals surface area contributed by atoms with Crippen molar-refractivity contribution in [1.29, 1.82) is 0 Å². The molecule has 0 rings (SSSR count). The van der Waals surface area contributed by atoms with Crippen LogP contribution in [0.4, 0.5) is 4.79 Å². The van der Waals surface area contributed by atoms with Gasteiger partial charge in [-0.3, -0.25) is 0 Å². The van der Waals surface area contributed by atoms with Crippen LogP contribution in [-0.4, -0.2) is 42.6 Å². The van der Waals surface area contributed by atoms with Crippen molar-refractivity contribution in [1.82, 2.24) is 5.32 Å². The first-order valence-corrected chi connectivity index (χ1v) is 5.83. The summed E-state index contributed by atoms with van der Waals surface area (Å²) in [7, 11) is 0. The monoisotopic (exact) mass is 289 g/mol.